The van der Waals surface area contributed by atoms with Crippen LogP contribution in [0.15, 0.2) is 29.2 Å². The van der Waals surface area contributed by atoms with Gasteiger partial charge in [-0.25, -0.2) is 0 Å². The summed E-state index contributed by atoms with van der Waals surface area (Å²) in [6.07, 6.45) is 2.37. The number of rotatable bonds is 4. The molecule has 0 aromatic heterocycles. The first kappa shape index (κ1) is 15.2. The molecule has 1 aromatic carbocycles. The number of carbonyl (C=O) groups is 1. The third kappa shape index (κ3) is 3.92. The molecule has 1 saturated heterocycles. The minimum absolute atomic E-state index is 0.0336. The lowest BCUT2D eigenvalue weighted by Gasteiger charge is -2.32. The van der Waals surface area contributed by atoms with Crippen LogP contribution in [0.2, 0.25) is 0 Å². The maximum absolute atomic E-state index is 12.5. The van der Waals surface area contributed by atoms with Crippen molar-refractivity contribution in [3.05, 3.63) is 24.3 Å². The van der Waals surface area contributed by atoms with E-state index >= 15 is 0 Å². The Morgan fingerprint density at radius 2 is 2.10 bits per heavy atom. The second-order valence-corrected chi connectivity index (χ2v) is 6.88. The van der Waals surface area contributed by atoms with Crippen molar-refractivity contribution in [3.63, 3.8) is 0 Å². The van der Waals surface area contributed by atoms with E-state index in [1.807, 2.05) is 36.1 Å². The lowest BCUT2D eigenvalue weighted by molar-refractivity contribution is -0.131. The number of carbonyl (C=O) groups excluding carboxylic acids is 1. The van der Waals surface area contributed by atoms with Gasteiger partial charge in [-0.3, -0.25) is 4.79 Å². The minimum atomic E-state index is -0.0336. The average molecular weight is 293 g/mol. The van der Waals surface area contributed by atoms with E-state index in [2.05, 4.69) is 6.92 Å². The smallest absolute Gasteiger partial charge is 0.235 e. The predicted molar refractivity (Wildman–Crippen MR) is 83.3 cm³/mol. The third-order valence-corrected chi connectivity index (χ3v) is 4.79. The van der Waals surface area contributed by atoms with Crippen LogP contribution in [0, 0.1) is 5.92 Å². The van der Waals surface area contributed by atoms with Gasteiger partial charge in [0.2, 0.25) is 5.91 Å². The minimum Gasteiger partial charge on any atom is -0.497 e. The van der Waals surface area contributed by atoms with Gasteiger partial charge >= 0.3 is 0 Å². The molecule has 1 amide bonds. The van der Waals surface area contributed by atoms with Gasteiger partial charge in [-0.2, -0.15) is 0 Å². The zero-order valence-corrected chi connectivity index (χ0v) is 13.3. The van der Waals surface area contributed by atoms with Gasteiger partial charge in [-0.1, -0.05) is 6.92 Å². The van der Waals surface area contributed by atoms with Crippen molar-refractivity contribution in [1.82, 2.24) is 4.90 Å². The molecule has 0 spiro atoms. The molecule has 0 unspecified atom stereocenters. The van der Waals surface area contributed by atoms with Gasteiger partial charge in [-0.05, 0) is 49.9 Å². The van der Waals surface area contributed by atoms with Crippen molar-refractivity contribution >= 4 is 17.7 Å². The van der Waals surface area contributed by atoms with Crippen LogP contribution < -0.4 is 4.74 Å². The lowest BCUT2D eigenvalue weighted by Crippen LogP contribution is -2.42. The summed E-state index contributed by atoms with van der Waals surface area (Å²) >= 11 is 1.62. The monoisotopic (exact) mass is 293 g/mol. The molecule has 1 fully saturated rings. The van der Waals surface area contributed by atoms with Gasteiger partial charge in [0.05, 0.1) is 12.4 Å². The van der Waals surface area contributed by atoms with Crippen molar-refractivity contribution in [3.8, 4) is 5.75 Å². The highest BCUT2D eigenvalue weighted by Crippen LogP contribution is 2.27. The van der Waals surface area contributed by atoms with Crippen LogP contribution in [0.25, 0.3) is 0 Å². The Balaban J connectivity index is 1.92. The summed E-state index contributed by atoms with van der Waals surface area (Å²) in [5.41, 5.74) is 0. The van der Waals surface area contributed by atoms with E-state index in [1.165, 1.54) is 6.42 Å². The SMILES string of the molecule is COc1ccc(S[C@H](C)C(=O)N2CCC[C@H](C)C2)cc1. The number of methoxy groups -OCH3 is 1. The number of hydrogen-bond acceptors (Lipinski definition) is 3. The first-order valence-electron chi connectivity index (χ1n) is 7.19. The largest absolute Gasteiger partial charge is 0.497 e. The molecule has 1 aliphatic rings. The van der Waals surface area contributed by atoms with Crippen LogP contribution in [0.4, 0.5) is 0 Å². The van der Waals surface area contributed by atoms with Crippen LogP contribution in [0.5, 0.6) is 5.75 Å². The molecule has 0 aliphatic carbocycles. The van der Waals surface area contributed by atoms with E-state index in [0.29, 0.717) is 5.92 Å². The number of benzene rings is 1. The lowest BCUT2D eigenvalue weighted by atomic mass is 10.0. The van der Waals surface area contributed by atoms with E-state index < -0.39 is 0 Å². The highest BCUT2D eigenvalue weighted by molar-refractivity contribution is 8.00. The highest BCUT2D eigenvalue weighted by atomic mass is 32.2. The molecule has 2 atom stereocenters. The van der Waals surface area contributed by atoms with Crippen LogP contribution in [0.3, 0.4) is 0 Å². The maximum Gasteiger partial charge on any atom is 0.235 e. The van der Waals surface area contributed by atoms with Gasteiger partial charge in [0, 0.05) is 18.0 Å². The first-order valence-corrected chi connectivity index (χ1v) is 8.07. The summed E-state index contributed by atoms with van der Waals surface area (Å²) in [7, 11) is 1.66. The van der Waals surface area contributed by atoms with Crippen LogP contribution >= 0.6 is 11.8 Å². The number of ether oxygens (including phenoxy) is 1. The number of nitrogens with zero attached hydrogens (tertiary/aromatic N) is 1. The zero-order chi connectivity index (χ0) is 14.5. The number of likely N-dealkylation sites (tertiary alicyclic amines) is 1. The van der Waals surface area contributed by atoms with Crippen LogP contribution in [-0.2, 0) is 4.79 Å². The molecule has 0 N–H and O–H groups in total. The molecule has 0 radical (unpaired) electrons. The summed E-state index contributed by atoms with van der Waals surface area (Å²) in [6.45, 7) is 6.04. The second kappa shape index (κ2) is 7.02. The Hall–Kier alpha value is -1.16. The summed E-state index contributed by atoms with van der Waals surface area (Å²) in [4.78, 5) is 15.6. The maximum atomic E-state index is 12.5. The Kier molecular flexibility index (Phi) is 5.35. The van der Waals surface area contributed by atoms with Crippen LogP contribution in [0.1, 0.15) is 26.7 Å². The average Bonchev–Trinajstić information content (AvgIpc) is 2.47. The summed E-state index contributed by atoms with van der Waals surface area (Å²) in [5.74, 6) is 1.74. The number of piperidine rings is 1. The molecule has 4 heteroatoms. The fraction of sp³-hybridized carbons (Fsp3) is 0.562. The van der Waals surface area contributed by atoms with Gasteiger partial charge in [-0.15, -0.1) is 11.8 Å². The number of hydrogen-bond donors (Lipinski definition) is 0. The summed E-state index contributed by atoms with van der Waals surface area (Å²) in [5, 5.41) is -0.0336. The Bertz CT molecular complexity index is 446. The third-order valence-electron chi connectivity index (χ3n) is 3.69. The molecule has 0 bridgehead atoms. The second-order valence-electron chi connectivity index (χ2n) is 5.47. The zero-order valence-electron chi connectivity index (χ0n) is 12.5. The fourth-order valence-electron chi connectivity index (χ4n) is 2.56. The molecule has 1 heterocycles. The Morgan fingerprint density at radius 3 is 2.70 bits per heavy atom. The number of amides is 1. The van der Waals surface area contributed by atoms with E-state index in [0.717, 1.165) is 30.2 Å². The van der Waals surface area contributed by atoms with Crippen LogP contribution in [-0.4, -0.2) is 36.3 Å². The van der Waals surface area contributed by atoms with Crippen molar-refractivity contribution in [2.24, 2.45) is 5.92 Å². The van der Waals surface area contributed by atoms with Crippen molar-refractivity contribution in [1.29, 1.82) is 0 Å². The molecular weight excluding hydrogens is 270 g/mol. The topological polar surface area (TPSA) is 29.5 Å². The van der Waals surface area contributed by atoms with E-state index in [9.17, 15) is 4.79 Å². The normalized spacial score (nSPS) is 20.6. The molecule has 1 aromatic rings. The predicted octanol–water partition coefficient (Wildman–Crippen LogP) is 3.43. The van der Waals surface area contributed by atoms with Gasteiger partial charge in [0.15, 0.2) is 0 Å². The Morgan fingerprint density at radius 1 is 1.40 bits per heavy atom. The first-order chi connectivity index (χ1) is 9.60. The van der Waals surface area contributed by atoms with Crippen molar-refractivity contribution < 1.29 is 9.53 Å². The van der Waals surface area contributed by atoms with Gasteiger partial charge in [0.25, 0.3) is 0 Å². The van der Waals surface area contributed by atoms with Crippen molar-refractivity contribution in [2.75, 3.05) is 20.2 Å². The van der Waals surface area contributed by atoms with E-state index in [1.54, 1.807) is 18.9 Å². The quantitative estimate of drug-likeness (QED) is 0.797. The molecule has 3 nitrogen and oxygen atoms in total. The molecule has 20 heavy (non-hydrogen) atoms. The summed E-state index contributed by atoms with van der Waals surface area (Å²) in [6, 6.07) is 7.88. The molecule has 1 aliphatic heterocycles. The van der Waals surface area contributed by atoms with Crippen molar-refractivity contribution in [2.45, 2.75) is 36.8 Å². The van der Waals surface area contributed by atoms with E-state index in [4.69, 9.17) is 4.74 Å². The molecule has 2 rings (SSSR count). The number of thioether (sulfide) groups is 1. The highest BCUT2D eigenvalue weighted by Gasteiger charge is 2.25. The molecule has 110 valence electrons. The van der Waals surface area contributed by atoms with Gasteiger partial charge in [0.1, 0.15) is 5.75 Å². The molecular formula is C16H23NO2S. The molecule has 0 saturated carbocycles. The van der Waals surface area contributed by atoms with Gasteiger partial charge < -0.3 is 9.64 Å². The van der Waals surface area contributed by atoms with E-state index in [-0.39, 0.29) is 11.2 Å². The summed E-state index contributed by atoms with van der Waals surface area (Å²) < 4.78 is 5.14. The fourth-order valence-corrected chi connectivity index (χ4v) is 3.51. The Labute approximate surface area is 125 Å². The standard InChI is InChI=1S/C16H23NO2S/c1-12-5-4-10-17(11-12)16(18)13(2)20-15-8-6-14(19-3)7-9-15/h6-9,12-13H,4-5,10-11H2,1-3H3/t12-,13+/m0/s1.